The van der Waals surface area contributed by atoms with Crippen LogP contribution in [0.25, 0.3) is 0 Å². The van der Waals surface area contributed by atoms with Crippen molar-refractivity contribution in [3.63, 3.8) is 0 Å². The number of fused-ring (bicyclic) bond motifs is 7. The molecule has 22 nitrogen and oxygen atoms in total. The Morgan fingerprint density at radius 3 is 1.86 bits per heavy atom. The highest BCUT2D eigenvalue weighted by molar-refractivity contribution is 5.26. The van der Waals surface area contributed by atoms with Crippen molar-refractivity contribution in [1.82, 2.24) is 0 Å². The summed E-state index contributed by atoms with van der Waals surface area (Å²) in [7, 11) is 0. The van der Waals surface area contributed by atoms with Crippen molar-refractivity contribution >= 4 is 0 Å². The number of ether oxygens (including phenoxy) is 9. The molecule has 8 fully saturated rings. The fraction of sp³-hybridized carbons (Fsp3) is 0.961. The lowest BCUT2D eigenvalue weighted by Gasteiger charge is -2.58. The van der Waals surface area contributed by atoms with E-state index in [9.17, 15) is 66.4 Å². The molecule has 0 aromatic heterocycles. The van der Waals surface area contributed by atoms with Gasteiger partial charge in [-0.25, -0.2) is 0 Å². The van der Waals surface area contributed by atoms with Gasteiger partial charge >= 0.3 is 0 Å². The van der Waals surface area contributed by atoms with Gasteiger partial charge in [-0.2, -0.15) is 0 Å². The molecule has 73 heavy (non-hydrogen) atoms. The summed E-state index contributed by atoms with van der Waals surface area (Å²) in [5, 5.41) is 139. The topological polar surface area (TPSA) is 346 Å². The maximum Gasteiger partial charge on any atom is 0.187 e. The van der Waals surface area contributed by atoms with E-state index in [0.29, 0.717) is 43.4 Å². The van der Waals surface area contributed by atoms with Gasteiger partial charge in [-0.05, 0) is 106 Å². The van der Waals surface area contributed by atoms with Crippen LogP contribution in [0.5, 0.6) is 0 Å². The summed E-state index contributed by atoms with van der Waals surface area (Å²) in [4.78, 5) is 0. The summed E-state index contributed by atoms with van der Waals surface area (Å²) in [6, 6.07) is 0. The first-order valence-electron chi connectivity index (χ1n) is 26.8. The molecule has 9 aliphatic rings. The fourth-order valence-electron chi connectivity index (χ4n) is 14.9. The molecular formula is C51H84O22. The van der Waals surface area contributed by atoms with Crippen LogP contribution in [0.3, 0.4) is 0 Å². The Kier molecular flexibility index (Phi) is 16.9. The van der Waals surface area contributed by atoms with Crippen LogP contribution >= 0.6 is 0 Å². The smallest absolute Gasteiger partial charge is 0.187 e. The summed E-state index contributed by atoms with van der Waals surface area (Å²) in [5.41, 5.74) is 1.07. The average molecular weight is 1050 g/mol. The van der Waals surface area contributed by atoms with Gasteiger partial charge < -0.3 is 109 Å². The van der Waals surface area contributed by atoms with Crippen LogP contribution in [0.2, 0.25) is 0 Å². The third kappa shape index (κ3) is 10.2. The number of allylic oxidation sites excluding steroid dienone is 1. The number of hydrogen-bond donors (Lipinski definition) is 13. The van der Waals surface area contributed by atoms with E-state index in [-0.39, 0.29) is 41.3 Å². The van der Waals surface area contributed by atoms with Gasteiger partial charge in [0.05, 0.1) is 44.2 Å². The minimum Gasteiger partial charge on any atom is -0.394 e. The van der Waals surface area contributed by atoms with E-state index >= 15 is 0 Å². The van der Waals surface area contributed by atoms with E-state index in [2.05, 4.69) is 26.8 Å². The highest BCUT2D eigenvalue weighted by Crippen LogP contribution is 2.70. The molecule has 5 heterocycles. The molecule has 0 aromatic rings. The van der Waals surface area contributed by atoms with Crippen molar-refractivity contribution in [2.75, 3.05) is 19.8 Å². The first-order chi connectivity index (χ1) is 34.5. The second kappa shape index (κ2) is 21.8. The van der Waals surface area contributed by atoms with Crippen LogP contribution < -0.4 is 0 Å². The molecule has 0 spiro atoms. The SMILES string of the molecule is C[C@H](CC[C@]1(O)O[C@@H]2C[C@H]3[C@@H]4CC=C5C[C@H](O[C@H]6O[C@H](CO)[C@@H](O[C@H]7O[C@H](C)[C@@H](O)[C@@H](O)[C@H]7O)[C@@H](O)[C@H]6O[C@H]6O[C@H](C)[C@@H](O)[C@@H](O)[C@H]6O)CC[C@]5(C)[C@H]4CC[C@@]3(C)[C@H]2[C@H]1C)CO[C@H]1O[C@H](CO)[C@@H](O)[C@@H](O)[C@H]1O. The lowest BCUT2D eigenvalue weighted by atomic mass is 9.47. The lowest BCUT2D eigenvalue weighted by molar-refractivity contribution is -0.388. The van der Waals surface area contributed by atoms with Gasteiger partial charge in [0.1, 0.15) is 85.5 Å². The normalized spacial score (nSPS) is 55.5. The molecule has 4 aliphatic carbocycles. The standard InChI is InChI=1S/C51H84O22/c1-20(19-65-45-39(60)38(59)35(56)30(17-52)69-45)9-14-51(64)21(2)32-29(73-51)16-28-26-8-7-24-15-25(10-12-49(24,5)27(26)11-13-50(28,32)6)68-48-44(72-47-41(62)37(58)34(55)23(4)67-47)42(63)43(31(18-53)70-48)71-46-40(61)36(57)33(54)22(3)66-46/h7,20-23,25-48,52-64H,8-19H2,1-6H3/t20-,21-,22-,23-,25-,26-,27+,28+,29-,30-,31-,32+,33-,34-,35-,36-,37-,38-,39-,40-,41-,42-,43-,44-,45+,46-,47-,48+,49+,50-,51+/m1/s1. The fourth-order valence-corrected chi connectivity index (χ4v) is 14.9. The highest BCUT2D eigenvalue weighted by Gasteiger charge is 2.68. The monoisotopic (exact) mass is 1050 g/mol. The second-order valence-corrected chi connectivity index (χ2v) is 23.8. The Morgan fingerprint density at radius 2 is 1.23 bits per heavy atom. The van der Waals surface area contributed by atoms with Crippen LogP contribution in [-0.4, -0.2) is 227 Å². The first-order valence-corrected chi connectivity index (χ1v) is 26.8. The van der Waals surface area contributed by atoms with E-state index in [1.165, 1.54) is 19.4 Å². The maximum atomic E-state index is 12.1. The van der Waals surface area contributed by atoms with Gasteiger partial charge in [0.15, 0.2) is 30.9 Å². The van der Waals surface area contributed by atoms with Crippen LogP contribution in [0, 0.1) is 46.3 Å². The molecule has 5 aliphatic heterocycles. The van der Waals surface area contributed by atoms with Crippen molar-refractivity contribution in [2.24, 2.45) is 46.3 Å². The van der Waals surface area contributed by atoms with Crippen LogP contribution in [0.4, 0.5) is 0 Å². The minimum absolute atomic E-state index is 0.0589. The zero-order valence-corrected chi connectivity index (χ0v) is 42.7. The first kappa shape index (κ1) is 56.6. The Bertz CT molecular complexity index is 1900. The average Bonchev–Trinajstić information content (AvgIpc) is 3.80. The zero-order valence-electron chi connectivity index (χ0n) is 42.7. The third-order valence-electron chi connectivity index (χ3n) is 19.5. The number of aliphatic hydroxyl groups is 13. The third-order valence-corrected chi connectivity index (χ3v) is 19.5. The van der Waals surface area contributed by atoms with Gasteiger partial charge in [0.25, 0.3) is 0 Å². The quantitative estimate of drug-likeness (QED) is 0.0839. The summed E-state index contributed by atoms with van der Waals surface area (Å²) < 4.78 is 54.6. The molecule has 0 amide bonds. The van der Waals surface area contributed by atoms with Crippen molar-refractivity contribution in [3.8, 4) is 0 Å². The van der Waals surface area contributed by atoms with Crippen LogP contribution in [0.1, 0.15) is 99.3 Å². The molecule has 0 radical (unpaired) electrons. The Balaban J connectivity index is 0.846. The van der Waals surface area contributed by atoms with Gasteiger partial charge in [-0.3, -0.25) is 0 Å². The van der Waals surface area contributed by atoms with Crippen molar-refractivity contribution in [1.29, 1.82) is 0 Å². The summed E-state index contributed by atoms with van der Waals surface area (Å²) in [6.45, 7) is 10.7. The maximum absolute atomic E-state index is 12.1. The van der Waals surface area contributed by atoms with Crippen LogP contribution in [-0.2, 0) is 42.6 Å². The molecule has 31 atom stereocenters. The summed E-state index contributed by atoms with van der Waals surface area (Å²) >= 11 is 0. The van der Waals surface area contributed by atoms with Crippen molar-refractivity contribution in [2.45, 2.75) is 240 Å². The number of aliphatic hydroxyl groups excluding tert-OH is 12. The second-order valence-electron chi connectivity index (χ2n) is 23.8. The zero-order chi connectivity index (χ0) is 52.8. The van der Waals surface area contributed by atoms with Crippen molar-refractivity contribution < 1.29 is 109 Å². The van der Waals surface area contributed by atoms with Crippen LogP contribution in [0.15, 0.2) is 11.6 Å². The van der Waals surface area contributed by atoms with E-state index in [0.717, 1.165) is 32.1 Å². The van der Waals surface area contributed by atoms with Gasteiger partial charge in [-0.15, -0.1) is 0 Å². The van der Waals surface area contributed by atoms with E-state index in [1.807, 2.05) is 6.92 Å². The number of rotatable bonds is 14. The molecule has 0 aromatic carbocycles. The van der Waals surface area contributed by atoms with Gasteiger partial charge in [0.2, 0.25) is 0 Å². The van der Waals surface area contributed by atoms with Gasteiger partial charge in [-0.1, -0.05) is 39.3 Å². The molecule has 9 rings (SSSR count). The van der Waals surface area contributed by atoms with E-state index in [1.54, 1.807) is 0 Å². The number of hydrogen-bond acceptors (Lipinski definition) is 22. The largest absolute Gasteiger partial charge is 0.394 e. The predicted molar refractivity (Wildman–Crippen MR) is 249 cm³/mol. The minimum atomic E-state index is -1.75. The predicted octanol–water partition coefficient (Wildman–Crippen LogP) is -1.98. The van der Waals surface area contributed by atoms with Gasteiger partial charge in [0, 0.05) is 12.3 Å². The Labute approximate surface area is 426 Å². The summed E-state index contributed by atoms with van der Waals surface area (Å²) in [6.07, 6.45) is -20.5. The molecule has 5 saturated heterocycles. The molecule has 22 heteroatoms. The van der Waals surface area contributed by atoms with E-state index in [4.69, 9.17) is 42.6 Å². The summed E-state index contributed by atoms with van der Waals surface area (Å²) in [5.74, 6) is -0.232. The van der Waals surface area contributed by atoms with Crippen molar-refractivity contribution in [3.05, 3.63) is 11.6 Å². The molecule has 0 bridgehead atoms. The Hall–Kier alpha value is -1.14. The van der Waals surface area contributed by atoms with E-state index < -0.39 is 148 Å². The molecule has 13 N–H and O–H groups in total. The molecule has 3 saturated carbocycles. The molecule has 420 valence electrons. The highest BCUT2D eigenvalue weighted by atomic mass is 16.8. The Morgan fingerprint density at radius 1 is 0.644 bits per heavy atom. The molecular weight excluding hydrogens is 965 g/mol. The molecule has 0 unspecified atom stereocenters. The lowest BCUT2D eigenvalue weighted by Crippen LogP contribution is -2.66.